The van der Waals surface area contributed by atoms with Crippen LogP contribution in [-0.2, 0) is 17.6 Å². The Kier molecular flexibility index (Phi) is 6.56. The Bertz CT molecular complexity index is 932. The number of aliphatic hydroxyl groups is 2. The van der Waals surface area contributed by atoms with E-state index in [9.17, 15) is 19.8 Å². The fourth-order valence-electron chi connectivity index (χ4n) is 4.58. The van der Waals surface area contributed by atoms with Crippen molar-refractivity contribution in [3.8, 4) is 0 Å². The zero-order chi connectivity index (χ0) is 23.0. The molecular formula is C24H34N2O5. The molecule has 2 aliphatic rings. The number of carbonyl (C=O) groups excluding carboxylic acids is 2. The van der Waals surface area contributed by atoms with Gasteiger partial charge in [-0.2, -0.15) is 0 Å². The van der Waals surface area contributed by atoms with Crippen LogP contribution in [0.25, 0.3) is 0 Å². The molecule has 0 amide bonds. The zero-order valence-electron chi connectivity index (χ0n) is 19.2. The topological polar surface area (TPSA) is 113 Å². The molecule has 0 saturated carbocycles. The van der Waals surface area contributed by atoms with Gasteiger partial charge in [-0.25, -0.2) is 0 Å². The molecule has 2 aliphatic carbocycles. The lowest BCUT2D eigenvalue weighted by molar-refractivity contribution is -0.118. The Morgan fingerprint density at radius 2 is 1.74 bits per heavy atom. The summed E-state index contributed by atoms with van der Waals surface area (Å²) in [5, 5.41) is 24.5. The van der Waals surface area contributed by atoms with E-state index in [0.29, 0.717) is 67.7 Å². The van der Waals surface area contributed by atoms with Gasteiger partial charge in [-0.15, -0.1) is 0 Å². The number of rotatable bonds is 7. The zero-order valence-corrected chi connectivity index (χ0v) is 19.2. The van der Waals surface area contributed by atoms with Gasteiger partial charge in [0.1, 0.15) is 11.5 Å². The van der Waals surface area contributed by atoms with E-state index in [4.69, 9.17) is 4.52 Å². The van der Waals surface area contributed by atoms with Crippen molar-refractivity contribution in [2.45, 2.75) is 85.6 Å². The maximum absolute atomic E-state index is 12.9. The maximum Gasteiger partial charge on any atom is 0.168 e. The monoisotopic (exact) mass is 430 g/mol. The molecule has 0 aromatic carbocycles. The second-order valence-corrected chi connectivity index (χ2v) is 10.5. The number of nitrogens with zero attached hydrogens (tertiary/aromatic N) is 2. The molecule has 1 heterocycles. The lowest BCUT2D eigenvalue weighted by Gasteiger charge is -2.30. The van der Waals surface area contributed by atoms with Crippen LogP contribution in [0.1, 0.15) is 88.5 Å². The van der Waals surface area contributed by atoms with Crippen molar-refractivity contribution >= 4 is 17.3 Å². The van der Waals surface area contributed by atoms with Crippen molar-refractivity contribution in [2.75, 3.05) is 6.61 Å². The molecule has 0 fully saturated rings. The first kappa shape index (κ1) is 23.4. The summed E-state index contributed by atoms with van der Waals surface area (Å²) in [6.07, 6.45) is 3.14. The number of aryl methyl sites for hydroxylation is 1. The van der Waals surface area contributed by atoms with Gasteiger partial charge in [0.25, 0.3) is 0 Å². The fraction of sp³-hybridized carbons (Fsp3) is 0.667. The second kappa shape index (κ2) is 8.69. The van der Waals surface area contributed by atoms with Gasteiger partial charge in [0, 0.05) is 31.4 Å². The summed E-state index contributed by atoms with van der Waals surface area (Å²) >= 11 is 0. The van der Waals surface area contributed by atoms with Crippen LogP contribution >= 0.6 is 0 Å². The molecule has 1 aromatic rings. The van der Waals surface area contributed by atoms with Gasteiger partial charge in [-0.3, -0.25) is 14.6 Å². The quantitative estimate of drug-likeness (QED) is 0.628. The van der Waals surface area contributed by atoms with Gasteiger partial charge in [0.05, 0.1) is 29.5 Å². The van der Waals surface area contributed by atoms with Crippen molar-refractivity contribution in [3.63, 3.8) is 0 Å². The summed E-state index contributed by atoms with van der Waals surface area (Å²) in [7, 11) is 0. The van der Waals surface area contributed by atoms with Crippen molar-refractivity contribution in [1.82, 2.24) is 5.16 Å². The Hall–Kier alpha value is -2.28. The van der Waals surface area contributed by atoms with E-state index in [1.165, 1.54) is 0 Å². The molecule has 0 bridgehead atoms. The Morgan fingerprint density at radius 3 is 2.35 bits per heavy atom. The predicted octanol–water partition coefficient (Wildman–Crippen LogP) is 4.18. The average Bonchev–Trinajstić information content (AvgIpc) is 3.03. The number of carbonyl (C=O) groups is 2. The van der Waals surface area contributed by atoms with Crippen LogP contribution in [0.15, 0.2) is 20.8 Å². The number of fused-ring (bicyclic) bond motifs is 1. The van der Waals surface area contributed by atoms with E-state index in [-0.39, 0.29) is 46.4 Å². The van der Waals surface area contributed by atoms with Gasteiger partial charge < -0.3 is 14.7 Å². The normalized spacial score (nSPS) is 21.9. The van der Waals surface area contributed by atoms with E-state index in [1.54, 1.807) is 0 Å². The van der Waals surface area contributed by atoms with Crippen LogP contribution < -0.4 is 0 Å². The summed E-state index contributed by atoms with van der Waals surface area (Å²) in [4.78, 5) is 30.2. The third-order valence-corrected chi connectivity index (χ3v) is 6.15. The number of Topliss-reactive ketones (excluding diaryl/α,β-unsaturated/α-hetero) is 2. The minimum absolute atomic E-state index is 0.0281. The van der Waals surface area contributed by atoms with Crippen LogP contribution in [0.5, 0.6) is 0 Å². The summed E-state index contributed by atoms with van der Waals surface area (Å²) < 4.78 is 5.48. The molecule has 0 radical (unpaired) electrons. The lowest BCUT2D eigenvalue weighted by atomic mass is 9.74. The van der Waals surface area contributed by atoms with E-state index < -0.39 is 0 Å². The SMILES string of the molecule is CCC(CO)N=C(CCc1noc2c1C(=O)CC(C)(C)C2)C1=C(O)CC(C)(C)CC1=O. The van der Waals surface area contributed by atoms with Crippen LogP contribution in [-0.4, -0.2) is 45.3 Å². The highest BCUT2D eigenvalue weighted by molar-refractivity contribution is 6.23. The van der Waals surface area contributed by atoms with Crippen LogP contribution in [0.4, 0.5) is 0 Å². The standard InChI is InChI=1S/C24H34N2O5/c1-6-14(13-27)25-15(21-17(28)9-23(2,3)10-18(21)29)7-8-16-22-19(30)11-24(4,5)12-20(22)31-26-16/h14,27-28H,6-13H2,1-5H3. The highest BCUT2D eigenvalue weighted by Crippen LogP contribution is 2.38. The van der Waals surface area contributed by atoms with Gasteiger partial charge in [0.15, 0.2) is 11.6 Å². The molecule has 2 N–H and O–H groups in total. The van der Waals surface area contributed by atoms with Crippen molar-refractivity contribution in [2.24, 2.45) is 15.8 Å². The molecule has 0 saturated heterocycles. The van der Waals surface area contributed by atoms with E-state index in [2.05, 4.69) is 10.1 Å². The summed E-state index contributed by atoms with van der Waals surface area (Å²) in [5.74, 6) is 0.558. The minimum atomic E-state index is -0.355. The number of ketones is 2. The number of hydrogen-bond acceptors (Lipinski definition) is 7. The number of aromatic nitrogens is 1. The van der Waals surface area contributed by atoms with Crippen LogP contribution in [0.2, 0.25) is 0 Å². The van der Waals surface area contributed by atoms with Crippen molar-refractivity contribution in [1.29, 1.82) is 0 Å². The molecule has 31 heavy (non-hydrogen) atoms. The van der Waals surface area contributed by atoms with Gasteiger partial charge in [0.2, 0.25) is 0 Å². The molecule has 170 valence electrons. The number of hydrogen-bond donors (Lipinski definition) is 2. The second-order valence-electron chi connectivity index (χ2n) is 10.5. The predicted molar refractivity (Wildman–Crippen MR) is 118 cm³/mol. The largest absolute Gasteiger partial charge is 0.511 e. The highest BCUT2D eigenvalue weighted by atomic mass is 16.5. The third kappa shape index (κ3) is 5.14. The first-order chi connectivity index (χ1) is 14.5. The Labute approximate surface area is 183 Å². The number of aliphatic imine (C=N–C) groups is 1. The summed E-state index contributed by atoms with van der Waals surface area (Å²) in [6, 6.07) is -0.355. The van der Waals surface area contributed by atoms with Crippen molar-refractivity contribution < 1.29 is 24.3 Å². The summed E-state index contributed by atoms with van der Waals surface area (Å²) in [5.41, 5.74) is 1.41. The first-order valence-corrected chi connectivity index (χ1v) is 11.1. The molecule has 0 aliphatic heterocycles. The maximum atomic E-state index is 12.9. The van der Waals surface area contributed by atoms with E-state index in [1.807, 2.05) is 34.6 Å². The lowest BCUT2D eigenvalue weighted by Crippen LogP contribution is -2.30. The fourth-order valence-corrected chi connectivity index (χ4v) is 4.58. The molecule has 7 nitrogen and oxygen atoms in total. The minimum Gasteiger partial charge on any atom is -0.511 e. The van der Waals surface area contributed by atoms with E-state index >= 15 is 0 Å². The molecule has 3 rings (SSSR count). The third-order valence-electron chi connectivity index (χ3n) is 6.15. The van der Waals surface area contributed by atoms with Gasteiger partial charge >= 0.3 is 0 Å². The summed E-state index contributed by atoms with van der Waals surface area (Å²) in [6.45, 7) is 9.74. The smallest absolute Gasteiger partial charge is 0.168 e. The van der Waals surface area contributed by atoms with Crippen LogP contribution in [0, 0.1) is 10.8 Å². The molecular weight excluding hydrogens is 396 g/mol. The molecule has 7 heteroatoms. The molecule has 1 unspecified atom stereocenters. The van der Waals surface area contributed by atoms with E-state index in [0.717, 1.165) is 0 Å². The first-order valence-electron chi connectivity index (χ1n) is 11.1. The van der Waals surface area contributed by atoms with Gasteiger partial charge in [-0.1, -0.05) is 39.8 Å². The highest BCUT2D eigenvalue weighted by Gasteiger charge is 2.38. The Balaban J connectivity index is 1.91. The molecule has 1 aromatic heterocycles. The Morgan fingerprint density at radius 1 is 1.10 bits per heavy atom. The van der Waals surface area contributed by atoms with Crippen LogP contribution in [0.3, 0.4) is 0 Å². The average molecular weight is 431 g/mol. The number of allylic oxidation sites excluding steroid dienone is 2. The number of aliphatic hydroxyl groups excluding tert-OH is 2. The molecule has 1 atom stereocenters. The van der Waals surface area contributed by atoms with Crippen molar-refractivity contribution in [3.05, 3.63) is 28.3 Å². The van der Waals surface area contributed by atoms with Gasteiger partial charge in [-0.05, 0) is 30.1 Å². The molecule has 0 spiro atoms.